The van der Waals surface area contributed by atoms with E-state index in [1.54, 1.807) is 20.8 Å². The normalized spacial score (nSPS) is 10.8. The van der Waals surface area contributed by atoms with E-state index in [0.29, 0.717) is 39.3 Å². The molecule has 0 radical (unpaired) electrons. The van der Waals surface area contributed by atoms with Crippen molar-refractivity contribution in [3.8, 4) is 0 Å². The Morgan fingerprint density at radius 1 is 0.410 bits per heavy atom. The Kier molecular flexibility index (Phi) is 53.6. The van der Waals surface area contributed by atoms with E-state index in [1.807, 2.05) is 0 Å². The highest BCUT2D eigenvalue weighted by atomic mass is 16.6. The number of nitrogens with two attached hydrogens (primary N) is 1. The maximum absolute atomic E-state index is 12.6. The van der Waals surface area contributed by atoms with E-state index in [-0.39, 0.29) is 125 Å². The molecule has 0 aromatic carbocycles. The summed E-state index contributed by atoms with van der Waals surface area (Å²) >= 11 is 0. The number of alkyl carbamates (subject to hydrolysis) is 1. The first-order valence-corrected chi connectivity index (χ1v) is 30.4. The Morgan fingerprint density at radius 2 is 0.675 bits per heavy atom. The molecule has 0 aliphatic rings. The summed E-state index contributed by atoms with van der Waals surface area (Å²) in [5.41, 5.74) is 4.74. The molecule has 10 amide bonds. The Hall–Kier alpha value is -6.27. The average Bonchev–Trinajstić information content (AvgIpc) is 3.43. The molecule has 9 N–H and O–H groups in total. The molecule has 0 bridgehead atoms. The van der Waals surface area contributed by atoms with Crippen molar-refractivity contribution in [2.75, 3.05) is 105 Å². The van der Waals surface area contributed by atoms with Crippen LogP contribution in [0.1, 0.15) is 197 Å². The Morgan fingerprint density at radius 3 is 0.916 bits per heavy atom. The number of hydrogen-bond donors (Lipinski definition) is 8. The molecule has 0 aromatic rings. The lowest BCUT2D eigenvalue weighted by Crippen LogP contribution is -2.46. The topological polar surface area (TPSA) is 345 Å². The number of unbranched alkanes of at least 4 members (excludes halogenated alkanes) is 12. The second kappa shape index (κ2) is 54.9. The molecule has 0 atom stereocenters. The fourth-order valence-electron chi connectivity index (χ4n) is 7.17. The molecule has 0 rings (SSSR count). The van der Waals surface area contributed by atoms with Gasteiger partial charge < -0.3 is 72.2 Å². The molecule has 0 aliphatic heterocycles. The van der Waals surface area contributed by atoms with E-state index in [4.69, 9.17) is 10.5 Å². The van der Waals surface area contributed by atoms with Gasteiger partial charge in [0.2, 0.25) is 53.2 Å². The van der Waals surface area contributed by atoms with Crippen LogP contribution < -0.4 is 48.1 Å². The van der Waals surface area contributed by atoms with Crippen LogP contribution in [-0.2, 0) is 52.6 Å². The third-order valence-corrected chi connectivity index (χ3v) is 11.8. The molecule has 482 valence electrons. The van der Waals surface area contributed by atoms with E-state index < -0.39 is 23.7 Å². The van der Waals surface area contributed by atoms with Gasteiger partial charge in [-0.1, -0.05) is 139 Å². The molecule has 0 spiro atoms. The summed E-state index contributed by atoms with van der Waals surface area (Å²) in [5.74, 6) is -2.79. The lowest BCUT2D eigenvalue weighted by Gasteiger charge is -2.29. The monoisotopic (exact) mass is 1180 g/mol. The molecular formula is C58H111N12O13-. The number of carbonyl (C=O) groups is 10. The van der Waals surface area contributed by atoms with E-state index in [1.165, 1.54) is 21.8 Å². The van der Waals surface area contributed by atoms with Gasteiger partial charge in [-0.15, -0.1) is 0 Å². The zero-order valence-electron chi connectivity index (χ0n) is 52.6. The summed E-state index contributed by atoms with van der Waals surface area (Å²) in [4.78, 5) is 128. The van der Waals surface area contributed by atoms with Crippen molar-refractivity contribution in [3.05, 3.63) is 0 Å². The maximum Gasteiger partial charge on any atom is 0.406 e. The molecule has 83 heavy (non-hydrogen) atoms. The van der Waals surface area contributed by atoms with Crippen LogP contribution >= 0.6 is 0 Å². The highest BCUT2D eigenvalue weighted by Crippen LogP contribution is 2.07. The molecule has 0 unspecified atom stereocenters. The second-order valence-corrected chi connectivity index (χ2v) is 20.9. The van der Waals surface area contributed by atoms with E-state index in [2.05, 4.69) is 88.5 Å². The molecular weight excluding hydrogens is 1070 g/mol. The van der Waals surface area contributed by atoms with E-state index in [0.717, 1.165) is 116 Å². The number of aliphatic imine (C=N–C) groups is 1. The van der Waals surface area contributed by atoms with Gasteiger partial charge in [0.15, 0.2) is 0 Å². The molecule has 0 fully saturated rings. The lowest BCUT2D eigenvalue weighted by molar-refractivity contribution is -0.260. The number of carbonyl (C=O) groups excluding carboxylic acids is 10. The van der Waals surface area contributed by atoms with Crippen LogP contribution in [0.3, 0.4) is 0 Å². The maximum atomic E-state index is 12.6. The minimum Gasteiger partial charge on any atom is -0.595 e. The number of amides is 10. The Labute approximate surface area is 497 Å². The fourth-order valence-corrected chi connectivity index (χ4v) is 7.17. The van der Waals surface area contributed by atoms with Crippen molar-refractivity contribution in [3.63, 3.8) is 0 Å². The molecule has 0 saturated carbocycles. The summed E-state index contributed by atoms with van der Waals surface area (Å²) in [6.45, 7) is 20.2. The molecule has 0 heterocycles. The first-order valence-electron chi connectivity index (χ1n) is 30.4. The third kappa shape index (κ3) is 53.5. The SMILES string of the molecule is CCCCCNC(=O)CN(CC(=O)NCCCCC)C(=O)CCN.CCCCCNC(=O)CN(CC(=O)NCCCCC)C(=O)CCN=C([O-])OC(C)(C)C.CCCCCNC(=O)CN(CC(=O)NCCCCC)C(=O)CCNC(=O)OC. The van der Waals surface area contributed by atoms with Crippen molar-refractivity contribution in [2.45, 2.75) is 203 Å². The molecule has 0 aromatic heterocycles. The van der Waals surface area contributed by atoms with Gasteiger partial charge in [-0.2, -0.15) is 0 Å². The van der Waals surface area contributed by atoms with Gasteiger partial charge in [0, 0.05) is 83.8 Å². The van der Waals surface area contributed by atoms with E-state index in [9.17, 15) is 53.1 Å². The highest BCUT2D eigenvalue weighted by Gasteiger charge is 2.23. The molecule has 0 saturated heterocycles. The minimum absolute atomic E-state index is 0.0265. The number of rotatable bonds is 44. The number of hydrogen-bond acceptors (Lipinski definition) is 15. The number of methoxy groups -OCH3 is 1. The van der Waals surface area contributed by atoms with Crippen molar-refractivity contribution >= 4 is 65.3 Å². The predicted molar refractivity (Wildman–Crippen MR) is 321 cm³/mol. The minimum atomic E-state index is -0.741. The summed E-state index contributed by atoms with van der Waals surface area (Å²) < 4.78 is 9.53. The van der Waals surface area contributed by atoms with Crippen LogP contribution in [0, 0.1) is 0 Å². The zero-order chi connectivity index (χ0) is 63.1. The smallest absolute Gasteiger partial charge is 0.406 e. The van der Waals surface area contributed by atoms with Crippen LogP contribution in [0.25, 0.3) is 0 Å². The van der Waals surface area contributed by atoms with Crippen LogP contribution in [-0.4, -0.2) is 191 Å². The largest absolute Gasteiger partial charge is 0.595 e. The van der Waals surface area contributed by atoms with Crippen molar-refractivity contribution < 1.29 is 62.5 Å². The van der Waals surface area contributed by atoms with Crippen molar-refractivity contribution in [1.82, 2.24) is 51.9 Å². The van der Waals surface area contributed by atoms with E-state index >= 15 is 0 Å². The Balaban J connectivity index is -0.00000117. The average molecular weight is 1180 g/mol. The molecule has 25 heteroatoms. The number of ether oxygens (including phenoxy) is 2. The van der Waals surface area contributed by atoms with Gasteiger partial charge in [-0.3, -0.25) is 48.1 Å². The first-order chi connectivity index (χ1) is 39.6. The highest BCUT2D eigenvalue weighted by molar-refractivity contribution is 5.91. The van der Waals surface area contributed by atoms with Gasteiger partial charge >= 0.3 is 6.09 Å². The van der Waals surface area contributed by atoms with Crippen LogP contribution in [0.15, 0.2) is 4.99 Å². The van der Waals surface area contributed by atoms with Gasteiger partial charge in [0.05, 0.1) is 7.11 Å². The quantitative estimate of drug-likeness (QED) is 0.0247. The lowest BCUT2D eigenvalue weighted by atomic mass is 10.2. The van der Waals surface area contributed by atoms with Gasteiger partial charge in [-0.05, 0) is 38.5 Å². The standard InChI is InChI=1S/C22H42N4O5.C19H36N4O5.C17H34N4O3/c1-6-8-10-13-23-18(27)16-26(17-19(28)24-14-11-9-7-2)20(29)12-15-25-21(30)31-22(3,4)5;1-4-6-8-11-20-16(24)14-23(15-17(25)21-12-9-7-5-2)18(26)10-13-22-19(27)28-3;1-3-5-7-11-19-15(22)13-21(17(24)9-10-18)14-16(23)20-12-8-6-4-2/h6-17H2,1-5H3,(H,23,27)(H,24,28)(H,25,30);4-15H2,1-3H3,(H,20,24)(H,21,25)(H,22,27);3-14,18H2,1-2H3,(H,19,22)(H,20,23)/p-1. The third-order valence-electron chi connectivity index (χ3n) is 11.8. The second-order valence-electron chi connectivity index (χ2n) is 20.9. The summed E-state index contributed by atoms with van der Waals surface area (Å²) in [7, 11) is 1.23. The number of nitrogens with zero attached hydrogens (tertiary/aromatic N) is 4. The summed E-state index contributed by atoms with van der Waals surface area (Å²) in [6.07, 6.45) is 16.4. The van der Waals surface area contributed by atoms with Crippen molar-refractivity contribution in [1.29, 1.82) is 0 Å². The zero-order valence-corrected chi connectivity index (χ0v) is 52.6. The van der Waals surface area contributed by atoms with Gasteiger partial charge in [-0.25, -0.2) is 4.79 Å². The summed E-state index contributed by atoms with van der Waals surface area (Å²) in [6, 6.07) is 0. The molecule has 25 nitrogen and oxygen atoms in total. The van der Waals surface area contributed by atoms with Crippen LogP contribution in [0.2, 0.25) is 0 Å². The van der Waals surface area contributed by atoms with Crippen LogP contribution in [0.5, 0.6) is 0 Å². The first kappa shape index (κ1) is 80.9. The van der Waals surface area contributed by atoms with Crippen molar-refractivity contribution in [2.24, 2.45) is 10.7 Å². The van der Waals surface area contributed by atoms with Gasteiger partial charge in [0.25, 0.3) is 0 Å². The predicted octanol–water partition coefficient (Wildman–Crippen LogP) is 3.30. The van der Waals surface area contributed by atoms with Gasteiger partial charge in [0.1, 0.15) is 45.4 Å². The van der Waals surface area contributed by atoms with Crippen LogP contribution in [0.4, 0.5) is 4.79 Å². The number of nitrogens with one attached hydrogen (secondary N) is 7. The fraction of sp³-hybridized carbons (Fsp3) is 0.810. The summed E-state index contributed by atoms with van der Waals surface area (Å²) in [5, 5.41) is 30.7. The Bertz CT molecular complexity index is 1760. The molecule has 0 aliphatic carbocycles.